The maximum atomic E-state index is 13.1. The van der Waals surface area contributed by atoms with Crippen molar-refractivity contribution in [1.82, 2.24) is 13.7 Å². The third-order valence-corrected chi connectivity index (χ3v) is 10.2. The first kappa shape index (κ1) is 40.1. The predicted molar refractivity (Wildman–Crippen MR) is 186 cm³/mol. The molecule has 0 fully saturated rings. The highest BCUT2D eigenvalue weighted by molar-refractivity contribution is 7.99. The summed E-state index contributed by atoms with van der Waals surface area (Å²) in [6.07, 6.45) is 23.3. The fourth-order valence-corrected chi connectivity index (χ4v) is 7.19. The van der Waals surface area contributed by atoms with Gasteiger partial charge in [-0.05, 0) is 68.5 Å². The summed E-state index contributed by atoms with van der Waals surface area (Å²) in [4.78, 5) is 38.8. The van der Waals surface area contributed by atoms with E-state index in [1.165, 1.54) is 104 Å². The van der Waals surface area contributed by atoms with Crippen LogP contribution >= 0.6 is 23.5 Å². The van der Waals surface area contributed by atoms with Crippen LogP contribution in [0.2, 0.25) is 0 Å². The summed E-state index contributed by atoms with van der Waals surface area (Å²) in [6.45, 7) is 3.40. The molecule has 0 radical (unpaired) electrons. The SMILES string of the molecule is CCn1c(=O)n(CCCSCCCCCCCCCCCO)c(=O)n(CCCSCCCCCCCCCCCO)c1=O. The Morgan fingerprint density at radius 2 is 0.698 bits per heavy atom. The number of rotatable bonds is 31. The highest BCUT2D eigenvalue weighted by atomic mass is 32.2. The fourth-order valence-electron chi connectivity index (χ4n) is 5.30. The molecule has 0 aliphatic rings. The molecule has 0 aliphatic carbocycles. The molecule has 2 N–H and O–H groups in total. The van der Waals surface area contributed by atoms with Crippen molar-refractivity contribution in [1.29, 1.82) is 0 Å². The zero-order valence-electron chi connectivity index (χ0n) is 27.3. The highest BCUT2D eigenvalue weighted by Crippen LogP contribution is 2.14. The molecular weight excluding hydrogens is 583 g/mol. The Hall–Kier alpha value is -0.970. The van der Waals surface area contributed by atoms with Crippen molar-refractivity contribution >= 4 is 23.5 Å². The third-order valence-electron chi connectivity index (χ3n) is 7.94. The lowest BCUT2D eigenvalue weighted by atomic mass is 10.1. The molecule has 0 amide bonds. The molecule has 10 heteroatoms. The summed E-state index contributed by atoms with van der Waals surface area (Å²) in [5.74, 6) is 4.02. The van der Waals surface area contributed by atoms with E-state index in [4.69, 9.17) is 10.2 Å². The summed E-state index contributed by atoms with van der Waals surface area (Å²) in [5.41, 5.74) is -1.41. The van der Waals surface area contributed by atoms with Gasteiger partial charge in [-0.3, -0.25) is 0 Å². The van der Waals surface area contributed by atoms with Crippen molar-refractivity contribution in [3.63, 3.8) is 0 Å². The molecule has 0 bridgehead atoms. The van der Waals surface area contributed by atoms with E-state index >= 15 is 0 Å². The van der Waals surface area contributed by atoms with Crippen LogP contribution in [0.15, 0.2) is 14.4 Å². The summed E-state index contributed by atoms with van der Waals surface area (Å²) < 4.78 is 3.73. The number of aliphatic hydroxyl groups is 2. The van der Waals surface area contributed by atoms with Gasteiger partial charge in [0.05, 0.1) is 0 Å². The van der Waals surface area contributed by atoms with E-state index in [9.17, 15) is 14.4 Å². The van der Waals surface area contributed by atoms with Crippen molar-refractivity contribution < 1.29 is 10.2 Å². The van der Waals surface area contributed by atoms with Gasteiger partial charge in [0.15, 0.2) is 0 Å². The summed E-state index contributed by atoms with van der Waals surface area (Å²) in [5, 5.41) is 17.6. The minimum absolute atomic E-state index is 0.271. The molecule has 1 aromatic rings. The van der Waals surface area contributed by atoms with Crippen molar-refractivity contribution in [2.24, 2.45) is 0 Å². The maximum absolute atomic E-state index is 13.1. The molecule has 0 spiro atoms. The summed E-state index contributed by atoms with van der Waals surface area (Å²) in [7, 11) is 0. The highest BCUT2D eigenvalue weighted by Gasteiger charge is 2.14. The number of thioether (sulfide) groups is 2. The molecule has 252 valence electrons. The van der Waals surface area contributed by atoms with Crippen molar-refractivity contribution in [2.75, 3.05) is 36.2 Å². The minimum atomic E-state index is -0.477. The smallest absolute Gasteiger partial charge is 0.336 e. The molecule has 0 saturated carbocycles. The van der Waals surface area contributed by atoms with Gasteiger partial charge in [-0.25, -0.2) is 28.1 Å². The first-order valence-electron chi connectivity index (χ1n) is 17.4. The van der Waals surface area contributed by atoms with E-state index in [2.05, 4.69) is 0 Å². The predicted octanol–water partition coefficient (Wildman–Crippen LogP) is 6.44. The van der Waals surface area contributed by atoms with Crippen LogP contribution in [0.1, 0.15) is 135 Å². The Morgan fingerprint density at radius 1 is 0.419 bits per heavy atom. The fraction of sp³-hybridized carbons (Fsp3) is 0.909. The normalized spacial score (nSPS) is 11.5. The Balaban J connectivity index is 2.26. The quantitative estimate of drug-likeness (QED) is 0.0895. The van der Waals surface area contributed by atoms with E-state index < -0.39 is 17.1 Å². The Kier molecular flexibility index (Phi) is 26.5. The second-order valence-electron chi connectivity index (χ2n) is 11.6. The van der Waals surface area contributed by atoms with E-state index in [-0.39, 0.29) is 6.54 Å². The Morgan fingerprint density at radius 3 is 1.02 bits per heavy atom. The lowest BCUT2D eigenvalue weighted by molar-refractivity contribution is 0.282. The minimum Gasteiger partial charge on any atom is -0.396 e. The Labute approximate surface area is 269 Å². The number of hydrogen-bond acceptors (Lipinski definition) is 7. The van der Waals surface area contributed by atoms with Crippen LogP contribution in [0.25, 0.3) is 0 Å². The van der Waals surface area contributed by atoms with Gasteiger partial charge >= 0.3 is 17.1 Å². The van der Waals surface area contributed by atoms with Gasteiger partial charge in [0.1, 0.15) is 0 Å². The van der Waals surface area contributed by atoms with Crippen LogP contribution in [0.3, 0.4) is 0 Å². The molecular formula is C33H63N3O5S2. The van der Waals surface area contributed by atoms with Crippen LogP contribution in [0.5, 0.6) is 0 Å². The molecule has 43 heavy (non-hydrogen) atoms. The zero-order chi connectivity index (χ0) is 31.4. The largest absolute Gasteiger partial charge is 0.396 e. The second kappa shape index (κ2) is 28.5. The van der Waals surface area contributed by atoms with Crippen LogP contribution < -0.4 is 17.1 Å². The van der Waals surface area contributed by atoms with Gasteiger partial charge in [0, 0.05) is 32.8 Å². The molecule has 1 heterocycles. The average Bonchev–Trinajstić information content (AvgIpc) is 3.00. The summed E-state index contributed by atoms with van der Waals surface area (Å²) >= 11 is 3.77. The van der Waals surface area contributed by atoms with Gasteiger partial charge < -0.3 is 10.2 Å². The topological polar surface area (TPSA) is 106 Å². The van der Waals surface area contributed by atoms with Crippen LogP contribution in [0.4, 0.5) is 0 Å². The second-order valence-corrected chi connectivity index (χ2v) is 14.1. The average molecular weight is 646 g/mol. The van der Waals surface area contributed by atoms with Crippen molar-refractivity contribution in [2.45, 2.75) is 155 Å². The monoisotopic (exact) mass is 645 g/mol. The van der Waals surface area contributed by atoms with E-state index in [1.807, 2.05) is 23.5 Å². The van der Waals surface area contributed by atoms with Crippen LogP contribution in [0, 0.1) is 0 Å². The molecule has 8 nitrogen and oxygen atoms in total. The number of unbranched alkanes of at least 4 members (excludes halogenated alkanes) is 16. The lowest BCUT2D eigenvalue weighted by Gasteiger charge is -2.13. The third kappa shape index (κ3) is 19.2. The molecule has 0 aromatic carbocycles. The van der Waals surface area contributed by atoms with E-state index in [0.717, 1.165) is 61.5 Å². The van der Waals surface area contributed by atoms with Gasteiger partial charge in [0.2, 0.25) is 0 Å². The summed E-state index contributed by atoms with van der Waals surface area (Å²) in [6, 6.07) is 0. The number of nitrogens with zero attached hydrogens (tertiary/aromatic N) is 3. The number of hydrogen-bond donors (Lipinski definition) is 2. The number of aliphatic hydroxyl groups excluding tert-OH is 2. The van der Waals surface area contributed by atoms with Gasteiger partial charge in [-0.1, -0.05) is 89.9 Å². The van der Waals surface area contributed by atoms with Crippen LogP contribution in [-0.2, 0) is 19.6 Å². The van der Waals surface area contributed by atoms with E-state index in [0.29, 0.717) is 26.3 Å². The van der Waals surface area contributed by atoms with Gasteiger partial charge in [-0.15, -0.1) is 0 Å². The van der Waals surface area contributed by atoms with Gasteiger partial charge in [-0.2, -0.15) is 23.5 Å². The Bertz CT molecular complexity index is 893. The standard InChI is InChI=1S/C33H63N3O5S2/c1-2-34-31(39)35(23-21-29-42-27-19-15-11-7-3-5-9-13-17-25-37)33(41)36(32(34)40)24-22-30-43-28-20-16-12-8-4-6-10-14-18-26-38/h37-38H,2-30H2,1H3. The number of aromatic nitrogens is 3. The van der Waals surface area contributed by atoms with Gasteiger partial charge in [0.25, 0.3) is 0 Å². The maximum Gasteiger partial charge on any atom is 0.336 e. The first-order chi connectivity index (χ1) is 21.1. The first-order valence-corrected chi connectivity index (χ1v) is 19.7. The van der Waals surface area contributed by atoms with Crippen LogP contribution in [-0.4, -0.2) is 60.1 Å². The molecule has 1 rings (SSSR count). The molecule has 0 aliphatic heterocycles. The molecule has 1 aromatic heterocycles. The molecule has 0 unspecified atom stereocenters. The lowest BCUT2D eigenvalue weighted by Crippen LogP contribution is -2.54. The molecule has 0 saturated heterocycles. The van der Waals surface area contributed by atoms with Crippen molar-refractivity contribution in [3.8, 4) is 0 Å². The van der Waals surface area contributed by atoms with Crippen molar-refractivity contribution in [3.05, 3.63) is 31.5 Å². The van der Waals surface area contributed by atoms with E-state index in [1.54, 1.807) is 6.92 Å². The molecule has 0 atom stereocenters. The zero-order valence-corrected chi connectivity index (χ0v) is 28.9.